The van der Waals surface area contributed by atoms with Gasteiger partial charge in [0.2, 0.25) is 0 Å². The topological polar surface area (TPSA) is 43.8 Å². The number of rotatable bonds is 7. The number of carboxylic acid groups (broad SMARTS) is 1. The van der Waals surface area contributed by atoms with Crippen molar-refractivity contribution in [3.05, 3.63) is 11.6 Å². The van der Waals surface area contributed by atoms with Crippen molar-refractivity contribution < 1.29 is 9.90 Å². The minimum atomic E-state index is -0.836. The van der Waals surface area contributed by atoms with Crippen LogP contribution in [0.15, 0.2) is 11.6 Å². The maximum absolute atomic E-state index is 10.5. The summed E-state index contributed by atoms with van der Waals surface area (Å²) in [5.74, 6) is -0.836. The lowest BCUT2D eigenvalue weighted by Gasteiger charge is -2.16. The third kappa shape index (κ3) is 8.15. The molecule has 4 heteroatoms. The fraction of sp³-hybridized carbons (Fsp3) is 0.727. The molecule has 4 nitrogen and oxygen atoms in total. The van der Waals surface area contributed by atoms with Crippen LogP contribution in [0.3, 0.4) is 0 Å². The minimum Gasteiger partial charge on any atom is -0.478 e. The summed E-state index contributed by atoms with van der Waals surface area (Å²) in [6, 6.07) is 0. The van der Waals surface area contributed by atoms with Crippen molar-refractivity contribution in [1.82, 2.24) is 9.80 Å². The molecule has 0 rings (SSSR count). The number of hydrogen-bond acceptors (Lipinski definition) is 3. The fourth-order valence-electron chi connectivity index (χ4n) is 1.13. The average Bonchev–Trinajstić information content (AvgIpc) is 2.13. The van der Waals surface area contributed by atoms with Crippen LogP contribution in [-0.2, 0) is 4.79 Å². The molecule has 1 N–H and O–H groups in total. The Morgan fingerprint density at radius 1 is 1.27 bits per heavy atom. The summed E-state index contributed by atoms with van der Waals surface area (Å²) in [4.78, 5) is 14.8. The molecule has 0 saturated carbocycles. The lowest BCUT2D eigenvalue weighted by atomic mass is 10.3. The summed E-state index contributed by atoms with van der Waals surface area (Å²) in [6.07, 6.45) is 2.85. The second-order valence-electron chi connectivity index (χ2n) is 4.11. The van der Waals surface area contributed by atoms with E-state index in [4.69, 9.17) is 5.11 Å². The zero-order valence-corrected chi connectivity index (χ0v) is 10.2. The first-order valence-corrected chi connectivity index (χ1v) is 5.16. The van der Waals surface area contributed by atoms with Gasteiger partial charge in [-0.25, -0.2) is 4.79 Å². The first kappa shape index (κ1) is 14.1. The van der Waals surface area contributed by atoms with E-state index in [1.807, 2.05) is 7.05 Å². The SMILES string of the molecule is CC(=CCN(C)CCCN(C)C)C(=O)O. The quantitative estimate of drug-likeness (QED) is 0.640. The Labute approximate surface area is 92.2 Å². The third-order valence-corrected chi connectivity index (χ3v) is 2.19. The summed E-state index contributed by atoms with van der Waals surface area (Å²) < 4.78 is 0. The summed E-state index contributed by atoms with van der Waals surface area (Å²) >= 11 is 0. The van der Waals surface area contributed by atoms with E-state index in [9.17, 15) is 4.79 Å². The molecule has 0 aromatic rings. The molecule has 0 unspecified atom stereocenters. The van der Waals surface area contributed by atoms with Crippen LogP contribution < -0.4 is 0 Å². The van der Waals surface area contributed by atoms with Gasteiger partial charge in [-0.1, -0.05) is 6.08 Å². The number of carboxylic acids is 1. The van der Waals surface area contributed by atoms with Gasteiger partial charge < -0.3 is 14.9 Å². The number of likely N-dealkylation sites (N-methyl/N-ethyl adjacent to an activating group) is 1. The molecule has 88 valence electrons. The maximum atomic E-state index is 10.5. The van der Waals surface area contributed by atoms with Crippen LogP contribution in [0.4, 0.5) is 0 Å². The maximum Gasteiger partial charge on any atom is 0.330 e. The van der Waals surface area contributed by atoms with Crippen molar-refractivity contribution in [3.8, 4) is 0 Å². The van der Waals surface area contributed by atoms with Crippen molar-refractivity contribution >= 4 is 5.97 Å². The molecule has 0 bridgehead atoms. The highest BCUT2D eigenvalue weighted by Gasteiger charge is 2.01. The predicted molar refractivity (Wildman–Crippen MR) is 62.1 cm³/mol. The Morgan fingerprint density at radius 2 is 1.87 bits per heavy atom. The fourth-order valence-corrected chi connectivity index (χ4v) is 1.13. The van der Waals surface area contributed by atoms with E-state index in [2.05, 4.69) is 23.9 Å². The second kappa shape index (κ2) is 7.43. The first-order chi connectivity index (χ1) is 6.93. The lowest BCUT2D eigenvalue weighted by molar-refractivity contribution is -0.132. The molecular formula is C11H22N2O2. The van der Waals surface area contributed by atoms with Crippen molar-refractivity contribution in [2.45, 2.75) is 13.3 Å². The van der Waals surface area contributed by atoms with Crippen LogP contribution in [0, 0.1) is 0 Å². The van der Waals surface area contributed by atoms with E-state index in [0.29, 0.717) is 12.1 Å². The predicted octanol–water partition coefficient (Wildman–Crippen LogP) is 0.901. The molecule has 0 atom stereocenters. The Bertz CT molecular complexity index is 225. The standard InChI is InChI=1S/C11H22N2O2/c1-10(11(14)15)6-9-13(4)8-5-7-12(2)3/h6H,5,7-9H2,1-4H3,(H,14,15). The Kier molecular flexibility index (Phi) is 6.99. The van der Waals surface area contributed by atoms with Crippen LogP contribution >= 0.6 is 0 Å². The second-order valence-corrected chi connectivity index (χ2v) is 4.11. The van der Waals surface area contributed by atoms with Crippen molar-refractivity contribution in [2.75, 3.05) is 40.8 Å². The highest BCUT2D eigenvalue weighted by molar-refractivity contribution is 5.85. The van der Waals surface area contributed by atoms with E-state index in [1.54, 1.807) is 13.0 Å². The molecule has 0 amide bonds. The Balaban J connectivity index is 3.70. The van der Waals surface area contributed by atoms with Crippen molar-refractivity contribution in [2.24, 2.45) is 0 Å². The third-order valence-electron chi connectivity index (χ3n) is 2.19. The van der Waals surface area contributed by atoms with Gasteiger partial charge in [0.25, 0.3) is 0 Å². The molecule has 0 radical (unpaired) electrons. The number of aliphatic carboxylic acids is 1. The van der Waals surface area contributed by atoms with Crippen LogP contribution in [0.1, 0.15) is 13.3 Å². The summed E-state index contributed by atoms with van der Waals surface area (Å²) in [5, 5.41) is 8.65. The van der Waals surface area contributed by atoms with Gasteiger partial charge >= 0.3 is 5.97 Å². The van der Waals surface area contributed by atoms with Crippen molar-refractivity contribution in [1.29, 1.82) is 0 Å². The molecule has 0 saturated heterocycles. The average molecular weight is 214 g/mol. The van der Waals surface area contributed by atoms with Crippen LogP contribution in [-0.4, -0.2) is 61.7 Å². The van der Waals surface area contributed by atoms with Crippen LogP contribution in [0.25, 0.3) is 0 Å². The molecule has 0 aliphatic rings. The van der Waals surface area contributed by atoms with Gasteiger partial charge in [0.05, 0.1) is 0 Å². The van der Waals surface area contributed by atoms with E-state index >= 15 is 0 Å². The molecule has 0 fully saturated rings. The van der Waals surface area contributed by atoms with Gasteiger partial charge in [0, 0.05) is 12.1 Å². The number of nitrogens with zero attached hydrogens (tertiary/aromatic N) is 2. The number of hydrogen-bond donors (Lipinski definition) is 1. The normalized spacial score (nSPS) is 12.5. The molecule has 15 heavy (non-hydrogen) atoms. The zero-order chi connectivity index (χ0) is 11.8. The zero-order valence-electron chi connectivity index (χ0n) is 10.2. The Hall–Kier alpha value is -0.870. The van der Waals surface area contributed by atoms with Gasteiger partial charge in [0.1, 0.15) is 0 Å². The molecule has 0 aliphatic heterocycles. The van der Waals surface area contributed by atoms with Gasteiger partial charge in [-0.05, 0) is 47.6 Å². The first-order valence-electron chi connectivity index (χ1n) is 5.16. The van der Waals surface area contributed by atoms with E-state index in [1.165, 1.54) is 0 Å². The number of carbonyl (C=O) groups is 1. The molecule has 0 spiro atoms. The highest BCUT2D eigenvalue weighted by Crippen LogP contribution is 1.95. The van der Waals surface area contributed by atoms with Gasteiger partial charge in [-0.15, -0.1) is 0 Å². The summed E-state index contributed by atoms with van der Waals surface area (Å²) in [7, 11) is 6.10. The van der Waals surface area contributed by atoms with Crippen LogP contribution in [0.5, 0.6) is 0 Å². The molecule has 0 aliphatic carbocycles. The lowest BCUT2D eigenvalue weighted by Crippen LogP contribution is -2.24. The van der Waals surface area contributed by atoms with E-state index in [-0.39, 0.29) is 0 Å². The van der Waals surface area contributed by atoms with Gasteiger partial charge in [0.15, 0.2) is 0 Å². The highest BCUT2D eigenvalue weighted by atomic mass is 16.4. The smallest absolute Gasteiger partial charge is 0.330 e. The van der Waals surface area contributed by atoms with E-state index in [0.717, 1.165) is 19.5 Å². The van der Waals surface area contributed by atoms with Gasteiger partial charge in [-0.2, -0.15) is 0 Å². The van der Waals surface area contributed by atoms with Gasteiger partial charge in [-0.3, -0.25) is 0 Å². The monoisotopic (exact) mass is 214 g/mol. The molecule has 0 aromatic carbocycles. The molecular weight excluding hydrogens is 192 g/mol. The summed E-state index contributed by atoms with van der Waals surface area (Å²) in [5.41, 5.74) is 0.412. The van der Waals surface area contributed by atoms with Crippen LogP contribution in [0.2, 0.25) is 0 Å². The van der Waals surface area contributed by atoms with Crippen molar-refractivity contribution in [3.63, 3.8) is 0 Å². The summed E-state index contributed by atoms with van der Waals surface area (Å²) in [6.45, 7) is 4.37. The molecule has 0 aromatic heterocycles. The Morgan fingerprint density at radius 3 is 2.33 bits per heavy atom. The minimum absolute atomic E-state index is 0.412. The van der Waals surface area contributed by atoms with E-state index < -0.39 is 5.97 Å². The largest absolute Gasteiger partial charge is 0.478 e. The molecule has 0 heterocycles.